The molecule has 1 N–H and O–H groups in total. The first kappa shape index (κ1) is 15.4. The molecular weight excluding hydrogens is 256 g/mol. The number of nitrogens with zero attached hydrogens (tertiary/aromatic N) is 1. The van der Waals surface area contributed by atoms with Crippen LogP contribution >= 0.6 is 0 Å². The number of sulfonamides is 1. The van der Waals surface area contributed by atoms with Crippen LogP contribution in [-0.2, 0) is 19.6 Å². The second kappa shape index (κ2) is 6.49. The van der Waals surface area contributed by atoms with Crippen molar-refractivity contribution in [1.82, 2.24) is 9.62 Å². The van der Waals surface area contributed by atoms with Crippen molar-refractivity contribution in [2.24, 2.45) is 0 Å². The Labute approximate surface area is 109 Å². The van der Waals surface area contributed by atoms with E-state index in [1.165, 1.54) is 4.31 Å². The first-order valence-corrected chi connectivity index (χ1v) is 7.87. The van der Waals surface area contributed by atoms with Crippen molar-refractivity contribution in [2.45, 2.75) is 39.3 Å². The SMILES string of the molecule is CCOC(=O)CCS(=O)(=O)N1C(C)CNCC1C. The van der Waals surface area contributed by atoms with E-state index >= 15 is 0 Å². The first-order valence-electron chi connectivity index (χ1n) is 6.26. The van der Waals surface area contributed by atoms with Gasteiger partial charge in [-0.15, -0.1) is 0 Å². The van der Waals surface area contributed by atoms with Crippen LogP contribution in [0.4, 0.5) is 0 Å². The van der Waals surface area contributed by atoms with Gasteiger partial charge in [0.15, 0.2) is 0 Å². The van der Waals surface area contributed by atoms with E-state index in [0.717, 1.165) is 0 Å². The molecule has 0 aromatic rings. The Morgan fingerprint density at radius 1 is 1.33 bits per heavy atom. The van der Waals surface area contributed by atoms with Crippen LogP contribution < -0.4 is 5.32 Å². The molecular formula is C11H22N2O4S. The molecule has 0 spiro atoms. The van der Waals surface area contributed by atoms with Crippen molar-refractivity contribution >= 4 is 16.0 Å². The van der Waals surface area contributed by atoms with Crippen molar-refractivity contribution in [3.63, 3.8) is 0 Å². The third-order valence-electron chi connectivity index (χ3n) is 2.94. The lowest BCUT2D eigenvalue weighted by molar-refractivity contribution is -0.142. The maximum atomic E-state index is 12.2. The minimum absolute atomic E-state index is 0.0825. The van der Waals surface area contributed by atoms with Crippen LogP contribution in [0, 0.1) is 0 Å². The molecule has 0 radical (unpaired) electrons. The lowest BCUT2D eigenvalue weighted by atomic mass is 10.2. The number of esters is 1. The van der Waals surface area contributed by atoms with Crippen LogP contribution in [0.5, 0.6) is 0 Å². The van der Waals surface area contributed by atoms with Crippen LogP contribution in [-0.4, -0.2) is 56.2 Å². The molecule has 7 heteroatoms. The van der Waals surface area contributed by atoms with Gasteiger partial charge in [-0.1, -0.05) is 0 Å². The molecule has 1 heterocycles. The number of hydrogen-bond donors (Lipinski definition) is 1. The molecule has 106 valence electrons. The highest BCUT2D eigenvalue weighted by Crippen LogP contribution is 2.16. The maximum Gasteiger partial charge on any atom is 0.306 e. The van der Waals surface area contributed by atoms with Gasteiger partial charge in [0.25, 0.3) is 0 Å². The number of nitrogens with one attached hydrogen (secondary N) is 1. The fourth-order valence-electron chi connectivity index (χ4n) is 2.21. The van der Waals surface area contributed by atoms with Crippen LogP contribution in [0.3, 0.4) is 0 Å². The van der Waals surface area contributed by atoms with Gasteiger partial charge in [-0.05, 0) is 20.8 Å². The molecule has 0 amide bonds. The molecule has 1 aliphatic rings. The number of hydrogen-bond acceptors (Lipinski definition) is 5. The van der Waals surface area contributed by atoms with Crippen molar-refractivity contribution in [1.29, 1.82) is 0 Å². The van der Waals surface area contributed by atoms with Crippen molar-refractivity contribution in [2.75, 3.05) is 25.4 Å². The van der Waals surface area contributed by atoms with Crippen LogP contribution in [0.2, 0.25) is 0 Å². The minimum atomic E-state index is -3.40. The number of carbonyl (C=O) groups is 1. The maximum absolute atomic E-state index is 12.2. The van der Waals surface area contributed by atoms with Crippen LogP contribution in [0.1, 0.15) is 27.2 Å². The van der Waals surface area contributed by atoms with Gasteiger partial charge in [-0.2, -0.15) is 4.31 Å². The summed E-state index contributed by atoms with van der Waals surface area (Å²) in [7, 11) is -3.40. The van der Waals surface area contributed by atoms with Gasteiger partial charge in [0.05, 0.1) is 18.8 Å². The largest absolute Gasteiger partial charge is 0.466 e. The Kier molecular flexibility index (Phi) is 5.55. The molecule has 1 aliphatic heterocycles. The Balaban J connectivity index is 2.64. The number of piperazine rings is 1. The summed E-state index contributed by atoms with van der Waals surface area (Å²) < 4.78 is 30.7. The predicted molar refractivity (Wildman–Crippen MR) is 68.7 cm³/mol. The number of ether oxygens (including phenoxy) is 1. The van der Waals surface area contributed by atoms with Crippen molar-refractivity contribution in [3.05, 3.63) is 0 Å². The number of rotatable bonds is 5. The Morgan fingerprint density at radius 2 is 1.89 bits per heavy atom. The second-order valence-corrected chi connectivity index (χ2v) is 6.55. The molecule has 0 bridgehead atoms. The topological polar surface area (TPSA) is 75.7 Å². The van der Waals surface area contributed by atoms with E-state index in [1.807, 2.05) is 13.8 Å². The quantitative estimate of drug-likeness (QED) is 0.714. The highest BCUT2D eigenvalue weighted by Gasteiger charge is 2.34. The lowest BCUT2D eigenvalue weighted by Crippen LogP contribution is -2.57. The average Bonchev–Trinajstić information content (AvgIpc) is 2.26. The van der Waals surface area contributed by atoms with Gasteiger partial charge in [-0.25, -0.2) is 8.42 Å². The Morgan fingerprint density at radius 3 is 2.39 bits per heavy atom. The zero-order chi connectivity index (χ0) is 13.8. The van der Waals surface area contributed by atoms with E-state index < -0.39 is 16.0 Å². The highest BCUT2D eigenvalue weighted by molar-refractivity contribution is 7.89. The van der Waals surface area contributed by atoms with Gasteiger partial charge in [0.1, 0.15) is 0 Å². The summed E-state index contributed by atoms with van der Waals surface area (Å²) in [6.07, 6.45) is -0.0838. The van der Waals surface area contributed by atoms with Gasteiger partial charge in [-0.3, -0.25) is 4.79 Å². The average molecular weight is 278 g/mol. The molecule has 0 aromatic carbocycles. The van der Waals surface area contributed by atoms with Crippen molar-refractivity contribution < 1.29 is 17.9 Å². The van der Waals surface area contributed by atoms with Crippen LogP contribution in [0.15, 0.2) is 0 Å². The highest BCUT2D eigenvalue weighted by atomic mass is 32.2. The molecule has 0 aliphatic carbocycles. The van der Waals surface area contributed by atoms with E-state index in [-0.39, 0.29) is 30.9 Å². The molecule has 2 atom stereocenters. The summed E-state index contributed by atoms with van der Waals surface area (Å²) in [4.78, 5) is 11.2. The summed E-state index contributed by atoms with van der Waals surface area (Å²) in [5.74, 6) is -0.642. The first-order chi connectivity index (χ1) is 8.38. The molecule has 1 rings (SSSR count). The van der Waals surface area contributed by atoms with E-state index in [1.54, 1.807) is 6.92 Å². The van der Waals surface area contributed by atoms with Gasteiger partial charge in [0.2, 0.25) is 10.0 Å². The van der Waals surface area contributed by atoms with E-state index in [0.29, 0.717) is 13.1 Å². The fraction of sp³-hybridized carbons (Fsp3) is 0.909. The molecule has 6 nitrogen and oxygen atoms in total. The van der Waals surface area contributed by atoms with Crippen LogP contribution in [0.25, 0.3) is 0 Å². The standard InChI is InChI=1S/C11H22N2O4S/c1-4-17-11(14)5-6-18(15,16)13-9(2)7-12-8-10(13)3/h9-10,12H,4-8H2,1-3H3. The van der Waals surface area contributed by atoms with E-state index in [9.17, 15) is 13.2 Å². The third kappa shape index (κ3) is 3.93. The predicted octanol–water partition coefficient (Wildman–Crippen LogP) is -0.0484. The summed E-state index contributed by atoms with van der Waals surface area (Å²) in [5.41, 5.74) is 0. The monoisotopic (exact) mass is 278 g/mol. The van der Waals surface area contributed by atoms with E-state index in [4.69, 9.17) is 4.74 Å². The molecule has 2 unspecified atom stereocenters. The molecule has 0 aromatic heterocycles. The normalized spacial score (nSPS) is 25.9. The summed E-state index contributed by atoms with van der Waals surface area (Å²) >= 11 is 0. The molecule has 18 heavy (non-hydrogen) atoms. The summed E-state index contributed by atoms with van der Waals surface area (Å²) in [6, 6.07) is -0.165. The molecule has 1 fully saturated rings. The lowest BCUT2D eigenvalue weighted by Gasteiger charge is -2.38. The minimum Gasteiger partial charge on any atom is -0.466 e. The fourth-order valence-corrected chi connectivity index (χ4v) is 4.10. The zero-order valence-electron chi connectivity index (χ0n) is 11.2. The zero-order valence-corrected chi connectivity index (χ0v) is 12.0. The molecule has 1 saturated heterocycles. The Hall–Kier alpha value is -0.660. The summed E-state index contributed by atoms with van der Waals surface area (Å²) in [5, 5.41) is 3.17. The molecule has 0 saturated carbocycles. The summed E-state index contributed by atoms with van der Waals surface area (Å²) in [6.45, 7) is 6.99. The third-order valence-corrected chi connectivity index (χ3v) is 5.02. The van der Waals surface area contributed by atoms with Gasteiger partial charge < -0.3 is 10.1 Å². The van der Waals surface area contributed by atoms with Gasteiger partial charge >= 0.3 is 5.97 Å². The second-order valence-electron chi connectivity index (χ2n) is 4.56. The number of carbonyl (C=O) groups excluding carboxylic acids is 1. The van der Waals surface area contributed by atoms with Crippen molar-refractivity contribution in [3.8, 4) is 0 Å². The van der Waals surface area contributed by atoms with Gasteiger partial charge in [0, 0.05) is 25.2 Å². The van der Waals surface area contributed by atoms with E-state index in [2.05, 4.69) is 5.32 Å². The smallest absolute Gasteiger partial charge is 0.306 e. The Bertz CT molecular complexity index is 373.